The second kappa shape index (κ2) is 19.7. The van der Waals surface area contributed by atoms with Crippen molar-refractivity contribution in [1.29, 1.82) is 0 Å². The summed E-state index contributed by atoms with van der Waals surface area (Å²) in [5.74, 6) is 0. The maximum absolute atomic E-state index is 11.8. The molecule has 0 aliphatic rings. The van der Waals surface area contributed by atoms with E-state index in [1.165, 1.54) is 51.4 Å². The van der Waals surface area contributed by atoms with E-state index in [-0.39, 0.29) is 6.10 Å². The van der Waals surface area contributed by atoms with Gasteiger partial charge in [-0.05, 0) is 39.8 Å². The Morgan fingerprint density at radius 3 is 2.04 bits per heavy atom. The van der Waals surface area contributed by atoms with Gasteiger partial charge in [-0.25, -0.2) is 4.79 Å². The van der Waals surface area contributed by atoms with Crippen LogP contribution in [-0.2, 0) is 14.3 Å². The van der Waals surface area contributed by atoms with Crippen molar-refractivity contribution in [1.82, 2.24) is 4.90 Å². The first-order valence-electron chi connectivity index (χ1n) is 11.0. The molecule has 0 aromatic rings. The summed E-state index contributed by atoms with van der Waals surface area (Å²) >= 11 is 0. The molecule has 0 aliphatic carbocycles. The van der Waals surface area contributed by atoms with Gasteiger partial charge < -0.3 is 19.2 Å². The molecule has 0 saturated carbocycles. The Bertz CT molecular complexity index is 347. The molecule has 5 heteroatoms. The van der Waals surface area contributed by atoms with Crippen molar-refractivity contribution in [3.05, 3.63) is 0 Å². The summed E-state index contributed by atoms with van der Waals surface area (Å²) in [5, 5.41) is 0. The summed E-state index contributed by atoms with van der Waals surface area (Å²) in [4.78, 5) is 24.5. The number of nitrogens with zero attached hydrogens (tertiary/aromatic N) is 1. The zero-order valence-corrected chi connectivity index (χ0v) is 18.0. The van der Waals surface area contributed by atoms with Gasteiger partial charge in [0.2, 0.25) is 0 Å². The van der Waals surface area contributed by atoms with Gasteiger partial charge in [0.05, 0.1) is 6.61 Å². The summed E-state index contributed by atoms with van der Waals surface area (Å²) in [6.45, 7) is 3.49. The maximum atomic E-state index is 11.8. The van der Waals surface area contributed by atoms with Gasteiger partial charge in [0.25, 0.3) is 0 Å². The molecule has 0 N–H and O–H groups in total. The lowest BCUT2D eigenvalue weighted by Gasteiger charge is -2.17. The van der Waals surface area contributed by atoms with Crippen molar-refractivity contribution < 1.29 is 19.1 Å². The minimum atomic E-state index is -0.600. The molecule has 1 atom stereocenters. The molecule has 160 valence electrons. The molecule has 0 aromatic carbocycles. The topological polar surface area (TPSA) is 55.8 Å². The number of ether oxygens (including phenoxy) is 2. The maximum Gasteiger partial charge on any atom is 0.508 e. The summed E-state index contributed by atoms with van der Waals surface area (Å²) < 4.78 is 10.5. The second-order valence-corrected chi connectivity index (χ2v) is 7.71. The molecule has 0 aliphatic heterocycles. The molecule has 0 spiro atoms. The fraction of sp³-hybridized carbons (Fsp3) is 0.909. The van der Waals surface area contributed by atoms with Gasteiger partial charge >= 0.3 is 6.16 Å². The average Bonchev–Trinajstić information content (AvgIpc) is 2.64. The zero-order valence-electron chi connectivity index (χ0n) is 18.0. The Morgan fingerprint density at radius 1 is 0.889 bits per heavy atom. The number of hydrogen-bond donors (Lipinski definition) is 0. The van der Waals surface area contributed by atoms with Gasteiger partial charge in [0.15, 0.2) is 0 Å². The van der Waals surface area contributed by atoms with E-state index in [2.05, 4.69) is 6.92 Å². The van der Waals surface area contributed by atoms with Crippen molar-refractivity contribution >= 4 is 12.4 Å². The third-order valence-electron chi connectivity index (χ3n) is 4.72. The highest BCUT2D eigenvalue weighted by Gasteiger charge is 2.15. The third kappa shape index (κ3) is 19.5. The predicted octanol–water partition coefficient (Wildman–Crippen LogP) is 5.75. The quantitative estimate of drug-likeness (QED) is 0.161. The van der Waals surface area contributed by atoms with E-state index in [1.54, 1.807) is 0 Å². The van der Waals surface area contributed by atoms with Crippen LogP contribution in [0.4, 0.5) is 4.79 Å². The van der Waals surface area contributed by atoms with E-state index >= 15 is 0 Å². The molecule has 0 fully saturated rings. The van der Waals surface area contributed by atoms with Crippen LogP contribution in [0.5, 0.6) is 0 Å². The first kappa shape index (κ1) is 25.9. The average molecular weight is 386 g/mol. The Kier molecular flexibility index (Phi) is 18.9. The SMILES string of the molecule is CCCCCCCCCCCC[C@@H](CCC=O)OC(=O)OCCCN(C)C. The molecule has 0 saturated heterocycles. The Morgan fingerprint density at radius 2 is 1.48 bits per heavy atom. The zero-order chi connectivity index (χ0) is 20.2. The molecule has 0 rings (SSSR count). The van der Waals surface area contributed by atoms with Crippen LogP contribution in [0.2, 0.25) is 0 Å². The first-order chi connectivity index (χ1) is 13.1. The predicted molar refractivity (Wildman–Crippen MR) is 111 cm³/mol. The molecular formula is C22H43NO4. The molecule has 0 aromatic heterocycles. The lowest BCUT2D eigenvalue weighted by atomic mass is 10.0. The van der Waals surface area contributed by atoms with Gasteiger partial charge in [-0.1, -0.05) is 64.7 Å². The van der Waals surface area contributed by atoms with Crippen molar-refractivity contribution in [2.45, 2.75) is 103 Å². The minimum Gasteiger partial charge on any atom is -0.434 e. The highest BCUT2D eigenvalue weighted by Crippen LogP contribution is 2.15. The molecule has 27 heavy (non-hydrogen) atoms. The van der Waals surface area contributed by atoms with Crippen molar-refractivity contribution in [3.8, 4) is 0 Å². The third-order valence-corrected chi connectivity index (χ3v) is 4.72. The van der Waals surface area contributed by atoms with E-state index in [0.717, 1.165) is 38.5 Å². The van der Waals surface area contributed by atoms with Crippen LogP contribution < -0.4 is 0 Å². The number of rotatable bonds is 19. The standard InChI is InChI=1S/C22H43NO4/c1-4-5-6-7-8-9-10-11-12-13-16-21(17-14-19-24)27-22(25)26-20-15-18-23(2)3/h19,21H,4-18,20H2,1-3H3/t21-/m0/s1. The van der Waals surface area contributed by atoms with Crippen molar-refractivity contribution in [2.24, 2.45) is 0 Å². The van der Waals surface area contributed by atoms with Gasteiger partial charge in [0, 0.05) is 13.0 Å². The van der Waals surface area contributed by atoms with Crippen LogP contribution in [0, 0.1) is 0 Å². The molecule has 0 radical (unpaired) electrons. The minimum absolute atomic E-state index is 0.203. The fourth-order valence-corrected chi connectivity index (χ4v) is 3.08. The molecular weight excluding hydrogens is 342 g/mol. The van der Waals surface area contributed by atoms with Crippen molar-refractivity contribution in [3.63, 3.8) is 0 Å². The van der Waals surface area contributed by atoms with Gasteiger partial charge in [0.1, 0.15) is 12.4 Å². The second-order valence-electron chi connectivity index (χ2n) is 7.71. The fourth-order valence-electron chi connectivity index (χ4n) is 3.08. The summed E-state index contributed by atoms with van der Waals surface area (Å²) in [7, 11) is 3.97. The Labute approximate surface area is 167 Å². The van der Waals surface area contributed by atoms with E-state index in [0.29, 0.717) is 19.4 Å². The molecule has 0 amide bonds. The Hall–Kier alpha value is -1.10. The highest BCUT2D eigenvalue weighted by molar-refractivity contribution is 5.60. The van der Waals surface area contributed by atoms with Crippen molar-refractivity contribution in [2.75, 3.05) is 27.2 Å². The van der Waals surface area contributed by atoms with Gasteiger partial charge in [-0.3, -0.25) is 0 Å². The van der Waals surface area contributed by atoms with Crippen LogP contribution in [0.15, 0.2) is 0 Å². The number of hydrogen-bond acceptors (Lipinski definition) is 5. The molecule has 0 heterocycles. The lowest BCUT2D eigenvalue weighted by Crippen LogP contribution is -2.21. The number of aldehydes is 1. The van der Waals surface area contributed by atoms with Gasteiger partial charge in [-0.2, -0.15) is 0 Å². The first-order valence-corrected chi connectivity index (χ1v) is 11.0. The molecule has 5 nitrogen and oxygen atoms in total. The summed E-state index contributed by atoms with van der Waals surface area (Å²) in [5.41, 5.74) is 0. The summed E-state index contributed by atoms with van der Waals surface area (Å²) in [6, 6.07) is 0. The van der Waals surface area contributed by atoms with E-state index in [1.807, 2.05) is 19.0 Å². The van der Waals surface area contributed by atoms with Crippen LogP contribution in [0.1, 0.15) is 96.8 Å². The van der Waals surface area contributed by atoms with Crippen LogP contribution in [-0.4, -0.2) is 50.7 Å². The summed E-state index contributed by atoms with van der Waals surface area (Å²) in [6.07, 6.45) is 15.5. The largest absolute Gasteiger partial charge is 0.508 e. The number of unbranched alkanes of at least 4 members (excludes halogenated alkanes) is 9. The van der Waals surface area contributed by atoms with E-state index in [4.69, 9.17) is 9.47 Å². The molecule has 0 bridgehead atoms. The Balaban J connectivity index is 3.76. The van der Waals surface area contributed by atoms with Crippen LogP contribution in [0.3, 0.4) is 0 Å². The molecule has 0 unspecified atom stereocenters. The number of carbonyl (C=O) groups is 2. The number of carbonyl (C=O) groups excluding carboxylic acids is 2. The highest BCUT2D eigenvalue weighted by atomic mass is 16.7. The van der Waals surface area contributed by atoms with Gasteiger partial charge in [-0.15, -0.1) is 0 Å². The van der Waals surface area contributed by atoms with Crippen LogP contribution >= 0.6 is 0 Å². The van der Waals surface area contributed by atoms with E-state index < -0.39 is 6.16 Å². The normalized spacial score (nSPS) is 12.1. The van der Waals surface area contributed by atoms with E-state index in [9.17, 15) is 9.59 Å². The smallest absolute Gasteiger partial charge is 0.434 e. The lowest BCUT2D eigenvalue weighted by molar-refractivity contribution is -0.108. The van der Waals surface area contributed by atoms with Crippen LogP contribution in [0.25, 0.3) is 0 Å². The monoisotopic (exact) mass is 385 g/mol.